The largest absolute Gasteiger partial charge is 0.166 e. The quantitative estimate of drug-likeness (QED) is 0.647. The van der Waals surface area contributed by atoms with Gasteiger partial charge in [-0.25, -0.2) is 0 Å². The molecule has 0 saturated carbocycles. The number of rotatable bonds is 4. The van der Waals surface area contributed by atoms with Gasteiger partial charge in [0, 0.05) is 16.1 Å². The van der Waals surface area contributed by atoms with Gasteiger partial charge in [-0.1, -0.05) is 39.3 Å². The van der Waals surface area contributed by atoms with Crippen LogP contribution in [0.2, 0.25) is 44.4 Å². The zero-order valence-electron chi connectivity index (χ0n) is 9.69. The molecule has 0 atom stereocenters. The molecule has 0 N–H and O–H groups in total. The Morgan fingerprint density at radius 1 is 0.917 bits per heavy atom. The van der Waals surface area contributed by atoms with Gasteiger partial charge in [0.25, 0.3) is 0 Å². The first-order chi connectivity index (χ1) is 5.19. The minimum absolute atomic E-state index is 0.902. The molecule has 3 heteroatoms. The number of hydrogen-bond acceptors (Lipinski definition) is 1. The van der Waals surface area contributed by atoms with Crippen molar-refractivity contribution in [2.75, 3.05) is 12.0 Å². The second kappa shape index (κ2) is 4.33. The monoisotopic (exact) mass is 220 g/mol. The Morgan fingerprint density at radius 2 is 1.25 bits per heavy atom. The van der Waals surface area contributed by atoms with Crippen LogP contribution in [-0.4, -0.2) is 28.2 Å². The third-order valence-corrected chi connectivity index (χ3v) is 13.5. The van der Waals surface area contributed by atoms with E-state index in [2.05, 4.69) is 45.5 Å². The third-order valence-electron chi connectivity index (χ3n) is 2.42. The predicted octanol–water partition coefficient (Wildman–Crippen LogP) is 3.94. The lowest BCUT2D eigenvalue weighted by molar-refractivity contribution is 1.19. The Morgan fingerprint density at radius 3 is 1.33 bits per heavy atom. The fraction of sp³-hybridized carbons (Fsp3) is 1.00. The maximum absolute atomic E-state index is 2.52. The molecule has 0 fully saturated rings. The van der Waals surface area contributed by atoms with Gasteiger partial charge in [0.15, 0.2) is 0 Å². The summed E-state index contributed by atoms with van der Waals surface area (Å²) in [5.41, 5.74) is 0. The van der Waals surface area contributed by atoms with Crippen molar-refractivity contribution in [1.82, 2.24) is 0 Å². The molecule has 0 amide bonds. The highest BCUT2D eigenvalue weighted by atomic mass is 32.2. The van der Waals surface area contributed by atoms with Crippen LogP contribution in [0, 0.1) is 0 Å². The lowest BCUT2D eigenvalue weighted by Crippen LogP contribution is -2.45. The summed E-state index contributed by atoms with van der Waals surface area (Å²) in [6.45, 7) is 15.1. The van der Waals surface area contributed by atoms with E-state index in [4.69, 9.17) is 0 Å². The third kappa shape index (κ3) is 4.14. The average Bonchev–Trinajstić information content (AvgIpc) is 1.77. The van der Waals surface area contributed by atoms with Gasteiger partial charge in [-0.15, -0.1) is 0 Å². The van der Waals surface area contributed by atoms with Gasteiger partial charge in [0.2, 0.25) is 0 Å². The van der Waals surface area contributed by atoms with Crippen molar-refractivity contribution in [3.05, 3.63) is 0 Å². The van der Waals surface area contributed by atoms with E-state index in [1.165, 1.54) is 5.75 Å². The summed E-state index contributed by atoms with van der Waals surface area (Å²) < 4.78 is 0. The maximum Gasteiger partial charge on any atom is 0.0455 e. The zero-order valence-corrected chi connectivity index (χ0v) is 12.5. The van der Waals surface area contributed by atoms with Crippen molar-refractivity contribution in [3.8, 4) is 0 Å². The fourth-order valence-electron chi connectivity index (χ4n) is 1.97. The normalized spacial score (nSPS) is 14.0. The highest BCUT2D eigenvalue weighted by Crippen LogP contribution is 2.34. The summed E-state index contributed by atoms with van der Waals surface area (Å²) in [6, 6.07) is 0. The van der Waals surface area contributed by atoms with Crippen LogP contribution in [0.3, 0.4) is 0 Å². The molecule has 0 aromatic heterocycles. The minimum Gasteiger partial charge on any atom is -0.166 e. The van der Waals surface area contributed by atoms with Crippen LogP contribution in [0.1, 0.15) is 0 Å². The van der Waals surface area contributed by atoms with Crippen molar-refractivity contribution in [3.63, 3.8) is 0 Å². The topological polar surface area (TPSA) is 0 Å². The molecule has 0 aliphatic heterocycles. The molecule has 0 aromatic rings. The van der Waals surface area contributed by atoms with Gasteiger partial charge >= 0.3 is 0 Å². The standard InChI is InChI=1S/C9H24SSi2/c1-10-8-9(11(2,3)4)12(5,6)7/h9H,8H2,1-7H3. The molecule has 0 bridgehead atoms. The molecule has 0 aromatic carbocycles. The molecule has 0 saturated heterocycles. The molecule has 0 radical (unpaired) electrons. The van der Waals surface area contributed by atoms with Crippen LogP contribution >= 0.6 is 11.8 Å². The SMILES string of the molecule is CSCC([Si](C)(C)C)[Si](C)(C)C. The maximum atomic E-state index is 2.52. The highest BCUT2D eigenvalue weighted by Gasteiger charge is 2.36. The van der Waals surface area contributed by atoms with Crippen molar-refractivity contribution < 1.29 is 0 Å². The molecular weight excluding hydrogens is 196 g/mol. The highest BCUT2D eigenvalue weighted by molar-refractivity contribution is 7.98. The van der Waals surface area contributed by atoms with E-state index in [1.54, 1.807) is 0 Å². The van der Waals surface area contributed by atoms with E-state index in [1.807, 2.05) is 11.8 Å². The van der Waals surface area contributed by atoms with Crippen LogP contribution in [-0.2, 0) is 0 Å². The average molecular weight is 221 g/mol. The lowest BCUT2D eigenvalue weighted by atomic mass is 10.9. The second-order valence-electron chi connectivity index (χ2n) is 5.74. The van der Waals surface area contributed by atoms with E-state index in [0.717, 1.165) is 5.16 Å². The molecule has 0 nitrogen and oxygen atoms in total. The molecule has 0 aliphatic carbocycles. The number of hydrogen-bond donors (Lipinski definition) is 0. The van der Waals surface area contributed by atoms with E-state index in [9.17, 15) is 0 Å². The van der Waals surface area contributed by atoms with Crippen LogP contribution in [0.5, 0.6) is 0 Å². The molecule has 74 valence electrons. The van der Waals surface area contributed by atoms with Crippen LogP contribution in [0.15, 0.2) is 0 Å². The molecular formula is C9H24SSi2. The van der Waals surface area contributed by atoms with Crippen molar-refractivity contribution in [2.24, 2.45) is 0 Å². The van der Waals surface area contributed by atoms with Crippen LogP contribution in [0.4, 0.5) is 0 Å². The van der Waals surface area contributed by atoms with Crippen molar-refractivity contribution in [2.45, 2.75) is 44.4 Å². The smallest absolute Gasteiger partial charge is 0.0455 e. The Kier molecular flexibility index (Phi) is 4.62. The summed E-state index contributed by atoms with van der Waals surface area (Å²) in [5, 5.41) is 1.07. The molecule has 0 spiro atoms. The van der Waals surface area contributed by atoms with Gasteiger partial charge in [-0.3, -0.25) is 0 Å². The molecule has 12 heavy (non-hydrogen) atoms. The molecule has 0 rings (SSSR count). The first-order valence-corrected chi connectivity index (χ1v) is 13.2. The zero-order chi connectivity index (χ0) is 9.99. The Balaban J connectivity index is 4.45. The molecule has 0 unspecified atom stereocenters. The number of thioether (sulfide) groups is 1. The second-order valence-corrected chi connectivity index (χ2v) is 18.1. The summed E-state index contributed by atoms with van der Waals surface area (Å²) in [6.07, 6.45) is 2.24. The first kappa shape index (κ1) is 12.8. The molecule has 0 heterocycles. The van der Waals surface area contributed by atoms with E-state index in [0.29, 0.717) is 0 Å². The van der Waals surface area contributed by atoms with Crippen molar-refractivity contribution in [1.29, 1.82) is 0 Å². The summed E-state index contributed by atoms with van der Waals surface area (Å²) in [7, 11) is -1.80. The Labute approximate surface area is 84.5 Å². The van der Waals surface area contributed by atoms with Crippen molar-refractivity contribution >= 4 is 27.9 Å². The van der Waals surface area contributed by atoms with Gasteiger partial charge in [0.1, 0.15) is 0 Å². The van der Waals surface area contributed by atoms with E-state index in [-0.39, 0.29) is 0 Å². The van der Waals surface area contributed by atoms with Crippen LogP contribution < -0.4 is 0 Å². The van der Waals surface area contributed by atoms with Gasteiger partial charge in [-0.05, 0) is 17.2 Å². The molecule has 0 aliphatic rings. The minimum atomic E-state index is -0.902. The van der Waals surface area contributed by atoms with E-state index >= 15 is 0 Å². The summed E-state index contributed by atoms with van der Waals surface area (Å²) in [5.74, 6) is 1.39. The predicted molar refractivity (Wildman–Crippen MR) is 68.8 cm³/mol. The van der Waals surface area contributed by atoms with E-state index < -0.39 is 16.1 Å². The van der Waals surface area contributed by atoms with Gasteiger partial charge in [-0.2, -0.15) is 11.8 Å². The Hall–Kier alpha value is 0.784. The van der Waals surface area contributed by atoms with Crippen LogP contribution in [0.25, 0.3) is 0 Å². The van der Waals surface area contributed by atoms with Gasteiger partial charge < -0.3 is 0 Å². The summed E-state index contributed by atoms with van der Waals surface area (Å²) >= 11 is 2.03. The first-order valence-electron chi connectivity index (χ1n) is 4.68. The van der Waals surface area contributed by atoms with Gasteiger partial charge in [0.05, 0.1) is 0 Å². The Bertz CT molecular complexity index is 118. The summed E-state index contributed by atoms with van der Waals surface area (Å²) in [4.78, 5) is 0. The lowest BCUT2D eigenvalue weighted by Gasteiger charge is -2.37. The fourth-order valence-corrected chi connectivity index (χ4v) is 17.7.